The van der Waals surface area contributed by atoms with Gasteiger partial charge in [-0.3, -0.25) is 4.68 Å². The van der Waals surface area contributed by atoms with E-state index < -0.39 is 20.6 Å². The van der Waals surface area contributed by atoms with E-state index in [1.807, 2.05) is 0 Å². The van der Waals surface area contributed by atoms with Gasteiger partial charge < -0.3 is 10.8 Å². The topological polar surface area (TPSA) is 115 Å². The van der Waals surface area contributed by atoms with Crippen molar-refractivity contribution in [2.24, 2.45) is 0 Å². The van der Waals surface area contributed by atoms with E-state index >= 15 is 0 Å². The van der Waals surface area contributed by atoms with Crippen molar-refractivity contribution in [3.8, 4) is 0 Å². The van der Waals surface area contributed by atoms with E-state index in [1.165, 1.54) is 10.9 Å². The van der Waals surface area contributed by atoms with Crippen LogP contribution >= 0.6 is 0 Å². The Balaban J connectivity index is 2.83. The van der Waals surface area contributed by atoms with Crippen LogP contribution in [-0.4, -0.2) is 39.8 Å². The molecule has 8 heteroatoms. The Morgan fingerprint density at radius 2 is 2.06 bits per heavy atom. The first kappa shape index (κ1) is 14.5. The molecule has 0 radical (unpaired) electrons. The number of carboxylic acid groups (broad SMARTS) is 1. The summed E-state index contributed by atoms with van der Waals surface area (Å²) in [5, 5.41) is 12.5. The van der Waals surface area contributed by atoms with Crippen LogP contribution in [0.3, 0.4) is 0 Å². The zero-order chi connectivity index (χ0) is 14.1. The summed E-state index contributed by atoms with van der Waals surface area (Å²) in [6.07, 6.45) is 1.32. The lowest BCUT2D eigenvalue weighted by molar-refractivity contribution is 0.0690. The highest BCUT2D eigenvalue weighted by atomic mass is 32.2. The molecule has 0 aliphatic rings. The fourth-order valence-electron chi connectivity index (χ4n) is 1.24. The molecular formula is C10H17N3O4S. The van der Waals surface area contributed by atoms with Crippen LogP contribution in [0.15, 0.2) is 6.20 Å². The molecule has 0 bridgehead atoms. The van der Waals surface area contributed by atoms with Crippen LogP contribution in [0.4, 0.5) is 5.69 Å². The molecule has 3 N–H and O–H groups in total. The van der Waals surface area contributed by atoms with Crippen molar-refractivity contribution in [2.45, 2.75) is 32.1 Å². The lowest BCUT2D eigenvalue weighted by Gasteiger charge is -2.18. The van der Waals surface area contributed by atoms with Gasteiger partial charge in [0.1, 0.15) is 0 Å². The second kappa shape index (κ2) is 4.60. The third kappa shape index (κ3) is 3.00. The molecule has 18 heavy (non-hydrogen) atoms. The minimum atomic E-state index is -3.27. The molecule has 1 aromatic rings. The van der Waals surface area contributed by atoms with Crippen molar-refractivity contribution in [1.82, 2.24) is 9.78 Å². The average molecular weight is 275 g/mol. The Kier molecular flexibility index (Phi) is 3.70. The summed E-state index contributed by atoms with van der Waals surface area (Å²) in [5.41, 5.74) is 5.22. The lowest BCUT2D eigenvalue weighted by Crippen LogP contribution is -2.32. The second-order valence-corrected chi connectivity index (χ2v) is 7.80. The van der Waals surface area contributed by atoms with E-state index in [4.69, 9.17) is 10.8 Å². The second-order valence-electron chi connectivity index (χ2n) is 4.93. The van der Waals surface area contributed by atoms with Gasteiger partial charge in [0.05, 0.1) is 22.7 Å². The fourth-order valence-corrected chi connectivity index (χ4v) is 2.28. The van der Waals surface area contributed by atoms with Gasteiger partial charge >= 0.3 is 5.97 Å². The molecule has 1 heterocycles. The highest BCUT2D eigenvalue weighted by Gasteiger charge is 2.28. The van der Waals surface area contributed by atoms with Crippen LogP contribution in [0, 0.1) is 0 Å². The maximum Gasteiger partial charge on any atom is 0.358 e. The molecule has 0 atom stereocenters. The fraction of sp³-hybridized carbons (Fsp3) is 0.600. The highest BCUT2D eigenvalue weighted by Crippen LogP contribution is 2.16. The van der Waals surface area contributed by atoms with Crippen molar-refractivity contribution >= 4 is 21.5 Å². The van der Waals surface area contributed by atoms with Gasteiger partial charge in [0, 0.05) is 6.20 Å². The monoisotopic (exact) mass is 275 g/mol. The van der Waals surface area contributed by atoms with Crippen molar-refractivity contribution in [3.05, 3.63) is 11.9 Å². The molecule has 0 aliphatic carbocycles. The van der Waals surface area contributed by atoms with Crippen LogP contribution in [0.2, 0.25) is 0 Å². The Bertz CT molecular complexity index is 554. The molecule has 0 aromatic carbocycles. The van der Waals surface area contributed by atoms with Gasteiger partial charge in [-0.25, -0.2) is 13.2 Å². The summed E-state index contributed by atoms with van der Waals surface area (Å²) in [7, 11) is -3.27. The van der Waals surface area contributed by atoms with E-state index in [0.717, 1.165) is 0 Å². The Morgan fingerprint density at radius 3 is 2.44 bits per heavy atom. The van der Waals surface area contributed by atoms with E-state index in [9.17, 15) is 13.2 Å². The molecule has 7 nitrogen and oxygen atoms in total. The smallest absolute Gasteiger partial charge is 0.358 e. The molecule has 0 aliphatic heterocycles. The summed E-state index contributed by atoms with van der Waals surface area (Å²) in [5.74, 6) is -1.35. The number of nitrogens with two attached hydrogens (primary N) is 1. The Morgan fingerprint density at radius 1 is 1.50 bits per heavy atom. The van der Waals surface area contributed by atoms with E-state index in [0.29, 0.717) is 0 Å². The molecule has 0 fully saturated rings. The molecule has 0 saturated heterocycles. The number of carbonyl (C=O) groups is 1. The van der Waals surface area contributed by atoms with Crippen LogP contribution in [0.25, 0.3) is 0 Å². The number of aromatic nitrogens is 2. The van der Waals surface area contributed by atoms with E-state index in [1.54, 1.807) is 20.8 Å². The summed E-state index contributed by atoms with van der Waals surface area (Å²) in [6, 6.07) is 0. The molecule has 0 spiro atoms. The first-order chi connectivity index (χ1) is 8.04. The number of aryl methyl sites for hydroxylation is 1. The first-order valence-electron chi connectivity index (χ1n) is 5.33. The molecule has 0 saturated carbocycles. The minimum Gasteiger partial charge on any atom is -0.476 e. The van der Waals surface area contributed by atoms with Gasteiger partial charge in [-0.1, -0.05) is 0 Å². The van der Waals surface area contributed by atoms with Crippen molar-refractivity contribution in [1.29, 1.82) is 0 Å². The molecule has 0 unspecified atom stereocenters. The first-order valence-corrected chi connectivity index (χ1v) is 6.98. The number of anilines is 1. The van der Waals surface area contributed by atoms with Crippen LogP contribution in [0.5, 0.6) is 0 Å². The summed E-state index contributed by atoms with van der Waals surface area (Å²) in [4.78, 5) is 10.7. The number of rotatable bonds is 4. The van der Waals surface area contributed by atoms with Crippen molar-refractivity contribution in [2.75, 3.05) is 11.5 Å². The third-order valence-corrected chi connectivity index (χ3v) is 5.10. The maximum absolute atomic E-state index is 11.9. The molecular weight excluding hydrogens is 258 g/mol. The number of aromatic carboxylic acids is 1. The highest BCUT2D eigenvalue weighted by molar-refractivity contribution is 7.92. The third-order valence-electron chi connectivity index (χ3n) is 2.51. The van der Waals surface area contributed by atoms with Gasteiger partial charge in [0.25, 0.3) is 0 Å². The SMILES string of the molecule is CC(C)(C)S(=O)(=O)CCn1cc(N)c(C(=O)O)n1. The number of hydrogen-bond acceptors (Lipinski definition) is 5. The largest absolute Gasteiger partial charge is 0.476 e. The van der Waals surface area contributed by atoms with Crippen molar-refractivity contribution < 1.29 is 18.3 Å². The van der Waals surface area contributed by atoms with Crippen LogP contribution in [0.1, 0.15) is 31.3 Å². The minimum absolute atomic E-state index is 0.0238. The number of hydrogen-bond donors (Lipinski definition) is 2. The zero-order valence-electron chi connectivity index (χ0n) is 10.5. The predicted molar refractivity (Wildman–Crippen MR) is 67.1 cm³/mol. The van der Waals surface area contributed by atoms with Crippen molar-refractivity contribution in [3.63, 3.8) is 0 Å². The number of nitrogen functional groups attached to an aromatic ring is 1. The lowest BCUT2D eigenvalue weighted by atomic mass is 10.3. The Labute approximate surface area is 106 Å². The van der Waals surface area contributed by atoms with E-state index in [-0.39, 0.29) is 23.7 Å². The molecule has 1 rings (SSSR count). The number of carboxylic acids is 1. The summed E-state index contributed by atoms with van der Waals surface area (Å²) in [6.45, 7) is 4.92. The Hall–Kier alpha value is -1.57. The van der Waals surface area contributed by atoms with Crippen LogP contribution < -0.4 is 5.73 Å². The number of nitrogens with zero attached hydrogens (tertiary/aromatic N) is 2. The normalized spacial score (nSPS) is 12.6. The zero-order valence-corrected chi connectivity index (χ0v) is 11.4. The summed E-state index contributed by atoms with van der Waals surface area (Å²) < 4.78 is 24.1. The summed E-state index contributed by atoms with van der Waals surface area (Å²) >= 11 is 0. The number of sulfone groups is 1. The molecule has 102 valence electrons. The maximum atomic E-state index is 11.9. The van der Waals surface area contributed by atoms with E-state index in [2.05, 4.69) is 5.10 Å². The van der Waals surface area contributed by atoms with Gasteiger partial charge in [-0.2, -0.15) is 5.10 Å². The van der Waals surface area contributed by atoms with Gasteiger partial charge in [-0.05, 0) is 20.8 Å². The van der Waals surface area contributed by atoms with Gasteiger partial charge in [0.15, 0.2) is 15.5 Å². The molecule has 1 aromatic heterocycles. The standard InChI is InChI=1S/C10H17N3O4S/c1-10(2,3)18(16,17)5-4-13-6-7(11)8(12-13)9(14)15/h6H,4-5,11H2,1-3H3,(H,14,15). The van der Waals surface area contributed by atoms with Gasteiger partial charge in [-0.15, -0.1) is 0 Å². The quantitative estimate of drug-likeness (QED) is 0.820. The average Bonchev–Trinajstić information content (AvgIpc) is 2.55. The van der Waals surface area contributed by atoms with Gasteiger partial charge in [0.2, 0.25) is 0 Å². The molecule has 0 amide bonds. The predicted octanol–water partition coefficient (Wildman–Crippen LogP) is 0.377. The van der Waals surface area contributed by atoms with Crippen LogP contribution in [-0.2, 0) is 16.4 Å².